The molecule has 0 saturated heterocycles. The standard InChI is InChI=1S/C40H24O2/c1-2-11-25(12-3-1)26-13-10-14-27(23-26)36-29-15-4-6-17-31(29)37(32-18-7-5-16-30(32)36)34-24-28-21-22-41-39(28)40-38(34)33-19-8-9-20-35(33)42-40/h1-24H. The highest BCUT2D eigenvalue weighted by Crippen LogP contribution is 2.48. The molecule has 0 unspecified atom stereocenters. The van der Waals surface area contributed by atoms with Crippen molar-refractivity contribution in [3.8, 4) is 33.4 Å². The van der Waals surface area contributed by atoms with Crippen molar-refractivity contribution >= 4 is 54.5 Å². The first-order valence-corrected chi connectivity index (χ1v) is 14.3. The fourth-order valence-corrected chi connectivity index (χ4v) is 6.73. The van der Waals surface area contributed by atoms with Gasteiger partial charge in [-0.05, 0) is 79.2 Å². The van der Waals surface area contributed by atoms with E-state index < -0.39 is 0 Å². The smallest absolute Gasteiger partial charge is 0.179 e. The molecule has 0 aliphatic rings. The summed E-state index contributed by atoms with van der Waals surface area (Å²) in [5.41, 5.74) is 9.69. The molecule has 2 aromatic heterocycles. The van der Waals surface area contributed by atoms with Crippen LogP contribution in [0.5, 0.6) is 0 Å². The molecule has 2 nitrogen and oxygen atoms in total. The number of rotatable bonds is 3. The summed E-state index contributed by atoms with van der Waals surface area (Å²) in [6.07, 6.45) is 1.75. The number of para-hydroxylation sites is 1. The highest BCUT2D eigenvalue weighted by Gasteiger charge is 2.22. The SMILES string of the molecule is c1ccc(-c2cccc(-c3c4ccccc4c(-c4cc5ccoc5c5oc6ccccc6c45)c4ccccc34)c2)cc1. The fourth-order valence-electron chi connectivity index (χ4n) is 6.73. The van der Waals surface area contributed by atoms with Gasteiger partial charge in [-0.2, -0.15) is 0 Å². The molecule has 9 aromatic rings. The Kier molecular flexibility index (Phi) is 4.93. The second kappa shape index (κ2) is 8.95. The molecule has 42 heavy (non-hydrogen) atoms. The summed E-state index contributed by atoms with van der Waals surface area (Å²) >= 11 is 0. The van der Waals surface area contributed by atoms with Crippen LogP contribution in [0.3, 0.4) is 0 Å². The first kappa shape index (κ1) is 23.1. The fraction of sp³-hybridized carbons (Fsp3) is 0. The van der Waals surface area contributed by atoms with E-state index >= 15 is 0 Å². The summed E-state index contributed by atoms with van der Waals surface area (Å²) in [6.45, 7) is 0. The average Bonchev–Trinajstić information content (AvgIpc) is 3.69. The van der Waals surface area contributed by atoms with Crippen LogP contribution in [0.25, 0.3) is 87.8 Å². The lowest BCUT2D eigenvalue weighted by molar-refractivity contribution is 0.600. The maximum absolute atomic E-state index is 6.46. The summed E-state index contributed by atoms with van der Waals surface area (Å²) in [7, 11) is 0. The first-order valence-electron chi connectivity index (χ1n) is 14.3. The van der Waals surface area contributed by atoms with Crippen LogP contribution in [0.2, 0.25) is 0 Å². The van der Waals surface area contributed by atoms with Gasteiger partial charge in [0.25, 0.3) is 0 Å². The van der Waals surface area contributed by atoms with Gasteiger partial charge in [0.2, 0.25) is 0 Å². The molecule has 0 radical (unpaired) electrons. The largest absolute Gasteiger partial charge is 0.460 e. The zero-order chi connectivity index (χ0) is 27.6. The van der Waals surface area contributed by atoms with Gasteiger partial charge < -0.3 is 8.83 Å². The molecule has 0 saturated carbocycles. The molecule has 0 fully saturated rings. The minimum atomic E-state index is 0.785. The number of hydrogen-bond donors (Lipinski definition) is 0. The van der Waals surface area contributed by atoms with Crippen LogP contribution in [-0.4, -0.2) is 0 Å². The highest BCUT2D eigenvalue weighted by atomic mass is 16.4. The van der Waals surface area contributed by atoms with Gasteiger partial charge in [0.05, 0.1) is 6.26 Å². The summed E-state index contributed by atoms with van der Waals surface area (Å²) in [4.78, 5) is 0. The van der Waals surface area contributed by atoms with Crippen molar-refractivity contribution in [1.82, 2.24) is 0 Å². The molecule has 0 amide bonds. The monoisotopic (exact) mass is 536 g/mol. The van der Waals surface area contributed by atoms with Crippen LogP contribution in [0, 0.1) is 0 Å². The second-order valence-electron chi connectivity index (χ2n) is 10.9. The van der Waals surface area contributed by atoms with Crippen LogP contribution in [0.15, 0.2) is 155 Å². The number of benzene rings is 7. The van der Waals surface area contributed by atoms with E-state index in [4.69, 9.17) is 8.83 Å². The molecular weight excluding hydrogens is 512 g/mol. The molecule has 9 rings (SSSR count). The molecule has 0 aliphatic heterocycles. The Labute approximate surface area is 242 Å². The molecule has 7 aromatic carbocycles. The lowest BCUT2D eigenvalue weighted by Crippen LogP contribution is -1.92. The molecule has 0 aliphatic carbocycles. The zero-order valence-corrected chi connectivity index (χ0v) is 22.7. The summed E-state index contributed by atoms with van der Waals surface area (Å²) in [5, 5.41) is 8.09. The predicted molar refractivity (Wildman–Crippen MR) is 175 cm³/mol. The van der Waals surface area contributed by atoms with Crippen LogP contribution < -0.4 is 0 Å². The third kappa shape index (κ3) is 3.33. The summed E-state index contributed by atoms with van der Waals surface area (Å²) < 4.78 is 12.4. The van der Waals surface area contributed by atoms with Crippen LogP contribution in [0.4, 0.5) is 0 Å². The van der Waals surface area contributed by atoms with E-state index in [1.54, 1.807) is 6.26 Å². The van der Waals surface area contributed by atoms with Gasteiger partial charge >= 0.3 is 0 Å². The van der Waals surface area contributed by atoms with Crippen LogP contribution in [-0.2, 0) is 0 Å². The second-order valence-corrected chi connectivity index (χ2v) is 10.9. The van der Waals surface area contributed by atoms with E-state index in [0.29, 0.717) is 0 Å². The number of hydrogen-bond acceptors (Lipinski definition) is 2. The third-order valence-corrected chi connectivity index (χ3v) is 8.53. The quantitative estimate of drug-likeness (QED) is 0.210. The predicted octanol–water partition coefficient (Wildman–Crippen LogP) is 11.6. The minimum Gasteiger partial charge on any atom is -0.460 e. The number of fused-ring (bicyclic) bond motifs is 7. The summed E-state index contributed by atoms with van der Waals surface area (Å²) in [6, 6.07) is 49.7. The average molecular weight is 537 g/mol. The van der Waals surface area contributed by atoms with Gasteiger partial charge in [-0.3, -0.25) is 0 Å². The van der Waals surface area contributed by atoms with Crippen molar-refractivity contribution in [3.63, 3.8) is 0 Å². The maximum atomic E-state index is 6.46. The summed E-state index contributed by atoms with van der Waals surface area (Å²) in [5.74, 6) is 0. The Bertz CT molecular complexity index is 2400. The molecule has 196 valence electrons. The number of furan rings is 2. The van der Waals surface area contributed by atoms with Crippen molar-refractivity contribution in [3.05, 3.63) is 146 Å². The molecule has 0 bridgehead atoms. The van der Waals surface area contributed by atoms with Gasteiger partial charge in [0.1, 0.15) is 5.58 Å². The first-order chi connectivity index (χ1) is 20.8. The molecule has 2 heteroatoms. The van der Waals surface area contributed by atoms with Gasteiger partial charge in [-0.25, -0.2) is 0 Å². The Morgan fingerprint density at radius 2 is 1.00 bits per heavy atom. The Morgan fingerprint density at radius 3 is 1.74 bits per heavy atom. The van der Waals surface area contributed by atoms with Crippen molar-refractivity contribution < 1.29 is 8.83 Å². The van der Waals surface area contributed by atoms with E-state index in [9.17, 15) is 0 Å². The van der Waals surface area contributed by atoms with E-state index in [2.05, 4.69) is 121 Å². The Balaban J connectivity index is 1.43. The minimum absolute atomic E-state index is 0.785. The van der Waals surface area contributed by atoms with Gasteiger partial charge in [-0.15, -0.1) is 0 Å². The van der Waals surface area contributed by atoms with Gasteiger partial charge in [0.15, 0.2) is 11.2 Å². The topological polar surface area (TPSA) is 26.3 Å². The molecule has 0 spiro atoms. The maximum Gasteiger partial charge on any atom is 0.179 e. The van der Waals surface area contributed by atoms with E-state index in [0.717, 1.165) is 38.5 Å². The zero-order valence-electron chi connectivity index (χ0n) is 22.7. The third-order valence-electron chi connectivity index (χ3n) is 8.53. The van der Waals surface area contributed by atoms with E-state index in [1.807, 2.05) is 18.2 Å². The van der Waals surface area contributed by atoms with Crippen molar-refractivity contribution in [2.24, 2.45) is 0 Å². The van der Waals surface area contributed by atoms with E-state index in [1.165, 1.54) is 49.4 Å². The molecule has 0 N–H and O–H groups in total. The van der Waals surface area contributed by atoms with Gasteiger partial charge in [-0.1, -0.05) is 115 Å². The van der Waals surface area contributed by atoms with Crippen molar-refractivity contribution in [2.75, 3.05) is 0 Å². The van der Waals surface area contributed by atoms with Crippen molar-refractivity contribution in [1.29, 1.82) is 0 Å². The lowest BCUT2D eigenvalue weighted by atomic mass is 9.84. The Hall–Kier alpha value is -5.60. The molecule has 2 heterocycles. The highest BCUT2D eigenvalue weighted by molar-refractivity contribution is 6.28. The van der Waals surface area contributed by atoms with E-state index in [-0.39, 0.29) is 0 Å². The molecular formula is C40H24O2. The molecule has 0 atom stereocenters. The Morgan fingerprint density at radius 1 is 0.405 bits per heavy atom. The van der Waals surface area contributed by atoms with Crippen LogP contribution in [0.1, 0.15) is 0 Å². The van der Waals surface area contributed by atoms with Crippen molar-refractivity contribution in [2.45, 2.75) is 0 Å². The lowest BCUT2D eigenvalue weighted by Gasteiger charge is -2.19. The van der Waals surface area contributed by atoms with Crippen LogP contribution >= 0.6 is 0 Å². The normalized spacial score (nSPS) is 11.8. The van der Waals surface area contributed by atoms with Gasteiger partial charge in [0, 0.05) is 16.2 Å².